The summed E-state index contributed by atoms with van der Waals surface area (Å²) < 4.78 is 23.8. The van der Waals surface area contributed by atoms with E-state index in [1.807, 2.05) is 18.2 Å². The molecule has 0 saturated heterocycles. The lowest BCUT2D eigenvalue weighted by molar-refractivity contribution is -0.123. The number of hydrogen-bond acceptors (Lipinski definition) is 3. The number of nitrogens with one attached hydrogen (secondary N) is 1. The Bertz CT molecular complexity index is 844. The molecule has 2 aromatic carbocycles. The van der Waals surface area contributed by atoms with Gasteiger partial charge in [-0.15, -0.1) is 0 Å². The van der Waals surface area contributed by atoms with E-state index in [0.29, 0.717) is 22.3 Å². The van der Waals surface area contributed by atoms with Gasteiger partial charge in [-0.1, -0.05) is 11.6 Å². The number of hydrogen-bond donors (Lipinski definition) is 1. The molecule has 0 aliphatic heterocycles. The van der Waals surface area contributed by atoms with Crippen molar-refractivity contribution in [1.29, 1.82) is 0 Å². The first-order chi connectivity index (χ1) is 12.1. The molecule has 128 valence electrons. The molecule has 0 radical (unpaired) electrons. The van der Waals surface area contributed by atoms with Crippen LogP contribution in [0.4, 0.5) is 4.39 Å². The predicted octanol–water partition coefficient (Wildman–Crippen LogP) is 4.43. The van der Waals surface area contributed by atoms with Crippen molar-refractivity contribution in [2.24, 2.45) is 0 Å². The molecule has 3 rings (SSSR count). The van der Waals surface area contributed by atoms with E-state index in [9.17, 15) is 9.18 Å². The highest BCUT2D eigenvalue weighted by molar-refractivity contribution is 6.30. The van der Waals surface area contributed by atoms with Gasteiger partial charge in [0.05, 0.1) is 6.54 Å². The first-order valence-electron chi connectivity index (χ1n) is 7.60. The minimum atomic E-state index is -0.355. The molecule has 1 N–H and O–H groups in total. The van der Waals surface area contributed by atoms with Crippen LogP contribution in [-0.2, 0) is 11.3 Å². The highest BCUT2D eigenvalue weighted by atomic mass is 35.5. The minimum absolute atomic E-state index is 0.156. The number of carbonyl (C=O) groups is 1. The van der Waals surface area contributed by atoms with Gasteiger partial charge in [0.2, 0.25) is 0 Å². The average Bonchev–Trinajstić information content (AvgIpc) is 3.09. The standard InChI is InChI=1S/C19H15ClFNO3/c20-14-3-1-13(2-4-14)18-10-9-17(25-18)11-22-19(23)12-24-16-7-5-15(21)6-8-16/h1-10H,11-12H2,(H,22,23). The van der Waals surface area contributed by atoms with Crippen molar-refractivity contribution in [1.82, 2.24) is 5.32 Å². The van der Waals surface area contributed by atoms with E-state index in [4.69, 9.17) is 20.8 Å². The predicted molar refractivity (Wildman–Crippen MR) is 92.9 cm³/mol. The summed E-state index contributed by atoms with van der Waals surface area (Å²) in [6.45, 7) is 0.0928. The van der Waals surface area contributed by atoms with Gasteiger partial charge in [-0.3, -0.25) is 4.79 Å². The van der Waals surface area contributed by atoms with Gasteiger partial charge < -0.3 is 14.5 Å². The Balaban J connectivity index is 1.49. The SMILES string of the molecule is O=C(COc1ccc(F)cc1)NCc1ccc(-c2ccc(Cl)cc2)o1. The van der Waals surface area contributed by atoms with Gasteiger partial charge >= 0.3 is 0 Å². The number of furan rings is 1. The molecule has 4 nitrogen and oxygen atoms in total. The Morgan fingerprint density at radius 1 is 1.04 bits per heavy atom. The molecule has 3 aromatic rings. The van der Waals surface area contributed by atoms with Crippen LogP contribution >= 0.6 is 11.6 Å². The number of halogens is 2. The maximum Gasteiger partial charge on any atom is 0.258 e. The summed E-state index contributed by atoms with van der Waals surface area (Å²) in [7, 11) is 0. The molecule has 0 unspecified atom stereocenters. The van der Waals surface area contributed by atoms with Crippen molar-refractivity contribution in [3.63, 3.8) is 0 Å². The zero-order valence-corrected chi connectivity index (χ0v) is 13.9. The van der Waals surface area contributed by atoms with Crippen LogP contribution in [-0.4, -0.2) is 12.5 Å². The molecule has 0 aliphatic carbocycles. The van der Waals surface area contributed by atoms with Crippen molar-refractivity contribution in [3.8, 4) is 17.1 Å². The summed E-state index contributed by atoms with van der Waals surface area (Å²) in [4.78, 5) is 11.8. The second kappa shape index (κ2) is 7.85. The van der Waals surface area contributed by atoms with E-state index < -0.39 is 0 Å². The molecule has 0 spiro atoms. The Morgan fingerprint density at radius 3 is 2.48 bits per heavy atom. The van der Waals surface area contributed by atoms with Gasteiger partial charge in [0.1, 0.15) is 23.1 Å². The molecule has 1 heterocycles. The van der Waals surface area contributed by atoms with E-state index in [-0.39, 0.29) is 24.9 Å². The Morgan fingerprint density at radius 2 is 1.76 bits per heavy atom. The molecule has 0 atom stereocenters. The fourth-order valence-corrected chi connectivity index (χ4v) is 2.28. The quantitative estimate of drug-likeness (QED) is 0.708. The van der Waals surface area contributed by atoms with Gasteiger partial charge in [0.25, 0.3) is 5.91 Å². The average molecular weight is 360 g/mol. The van der Waals surface area contributed by atoms with Crippen LogP contribution in [0.1, 0.15) is 5.76 Å². The van der Waals surface area contributed by atoms with Gasteiger partial charge in [-0.05, 0) is 60.7 Å². The molecule has 1 amide bonds. The molecule has 0 fully saturated rings. The van der Waals surface area contributed by atoms with Gasteiger partial charge in [0.15, 0.2) is 6.61 Å². The molecule has 25 heavy (non-hydrogen) atoms. The topological polar surface area (TPSA) is 51.5 Å². The first-order valence-corrected chi connectivity index (χ1v) is 7.98. The molecule has 0 saturated carbocycles. The van der Waals surface area contributed by atoms with Crippen LogP contribution in [0, 0.1) is 5.82 Å². The lowest BCUT2D eigenvalue weighted by Gasteiger charge is -2.06. The van der Waals surface area contributed by atoms with Gasteiger partial charge in [0, 0.05) is 10.6 Å². The Labute approximate surface area is 149 Å². The maximum absolute atomic E-state index is 12.8. The summed E-state index contributed by atoms with van der Waals surface area (Å²) in [6.07, 6.45) is 0. The maximum atomic E-state index is 12.8. The fourth-order valence-electron chi connectivity index (χ4n) is 2.16. The largest absolute Gasteiger partial charge is 0.484 e. The van der Waals surface area contributed by atoms with Crippen LogP contribution in [0.2, 0.25) is 5.02 Å². The summed E-state index contributed by atoms with van der Waals surface area (Å²) in [5.74, 6) is 1.10. The smallest absolute Gasteiger partial charge is 0.258 e. The third kappa shape index (κ3) is 4.84. The van der Waals surface area contributed by atoms with Crippen molar-refractivity contribution in [2.75, 3.05) is 6.61 Å². The van der Waals surface area contributed by atoms with Gasteiger partial charge in [-0.2, -0.15) is 0 Å². The molecule has 1 aromatic heterocycles. The van der Waals surface area contributed by atoms with E-state index in [1.165, 1.54) is 24.3 Å². The Kier molecular flexibility index (Phi) is 5.36. The number of carbonyl (C=O) groups excluding carboxylic acids is 1. The lowest BCUT2D eigenvalue weighted by atomic mass is 10.2. The highest BCUT2D eigenvalue weighted by Gasteiger charge is 2.07. The van der Waals surface area contributed by atoms with Crippen LogP contribution < -0.4 is 10.1 Å². The van der Waals surface area contributed by atoms with Crippen molar-refractivity contribution >= 4 is 17.5 Å². The first kappa shape index (κ1) is 17.0. The molecule has 0 aliphatic rings. The van der Waals surface area contributed by atoms with Crippen molar-refractivity contribution < 1.29 is 18.3 Å². The van der Waals surface area contributed by atoms with Crippen LogP contribution in [0.5, 0.6) is 5.75 Å². The normalized spacial score (nSPS) is 10.5. The van der Waals surface area contributed by atoms with Crippen molar-refractivity contribution in [2.45, 2.75) is 6.54 Å². The van der Waals surface area contributed by atoms with Gasteiger partial charge in [-0.25, -0.2) is 4.39 Å². The third-order valence-corrected chi connectivity index (χ3v) is 3.69. The zero-order chi connectivity index (χ0) is 17.6. The summed E-state index contributed by atoms with van der Waals surface area (Å²) in [5, 5.41) is 3.36. The molecular formula is C19H15ClFNO3. The summed E-state index contributed by atoms with van der Waals surface area (Å²) in [6, 6.07) is 16.4. The second-order valence-corrected chi connectivity index (χ2v) is 5.73. The van der Waals surface area contributed by atoms with Crippen LogP contribution in [0.25, 0.3) is 11.3 Å². The fraction of sp³-hybridized carbons (Fsp3) is 0.105. The number of rotatable bonds is 6. The minimum Gasteiger partial charge on any atom is -0.484 e. The molecular weight excluding hydrogens is 345 g/mol. The summed E-state index contributed by atoms with van der Waals surface area (Å²) >= 11 is 5.86. The molecule has 0 bridgehead atoms. The molecule has 6 heteroatoms. The summed E-state index contributed by atoms with van der Waals surface area (Å²) in [5.41, 5.74) is 0.904. The number of amides is 1. The third-order valence-electron chi connectivity index (χ3n) is 3.43. The Hall–Kier alpha value is -2.79. The monoisotopic (exact) mass is 359 g/mol. The van der Waals surface area contributed by atoms with E-state index in [0.717, 1.165) is 5.56 Å². The van der Waals surface area contributed by atoms with Crippen LogP contribution in [0.3, 0.4) is 0 Å². The number of benzene rings is 2. The van der Waals surface area contributed by atoms with E-state index >= 15 is 0 Å². The lowest BCUT2D eigenvalue weighted by Crippen LogP contribution is -2.28. The van der Waals surface area contributed by atoms with E-state index in [2.05, 4.69) is 5.32 Å². The zero-order valence-electron chi connectivity index (χ0n) is 13.2. The second-order valence-electron chi connectivity index (χ2n) is 5.29. The van der Waals surface area contributed by atoms with E-state index in [1.54, 1.807) is 18.2 Å². The highest BCUT2D eigenvalue weighted by Crippen LogP contribution is 2.23. The van der Waals surface area contributed by atoms with Crippen molar-refractivity contribution in [3.05, 3.63) is 77.3 Å². The number of ether oxygens (including phenoxy) is 1. The van der Waals surface area contributed by atoms with Crippen LogP contribution in [0.15, 0.2) is 65.1 Å².